The first-order valence-corrected chi connectivity index (χ1v) is 7.33. The van der Waals surface area contributed by atoms with Crippen LogP contribution >= 0.6 is 23.2 Å². The predicted octanol–water partition coefficient (Wildman–Crippen LogP) is 4.31. The summed E-state index contributed by atoms with van der Waals surface area (Å²) in [5.41, 5.74) is 8.42. The minimum atomic E-state index is 0.266. The molecule has 1 aliphatic heterocycles. The fourth-order valence-electron chi connectivity index (χ4n) is 2.81. The van der Waals surface area contributed by atoms with Crippen LogP contribution < -0.4 is 10.6 Å². The van der Waals surface area contributed by atoms with E-state index in [4.69, 9.17) is 28.9 Å². The maximum atomic E-state index is 6.35. The van der Waals surface area contributed by atoms with Crippen LogP contribution in [0.15, 0.2) is 36.7 Å². The Balaban J connectivity index is 2.01. The molecule has 0 amide bonds. The molecule has 1 aliphatic rings. The number of nitrogen functional groups attached to an aromatic ring is 1. The van der Waals surface area contributed by atoms with Gasteiger partial charge in [-0.15, -0.1) is 0 Å². The summed E-state index contributed by atoms with van der Waals surface area (Å²) in [7, 11) is 0. The van der Waals surface area contributed by atoms with E-state index in [1.807, 2.05) is 12.3 Å². The lowest BCUT2D eigenvalue weighted by molar-refractivity contribution is 0.716. The van der Waals surface area contributed by atoms with Gasteiger partial charge in [0, 0.05) is 24.6 Å². The highest BCUT2D eigenvalue weighted by Crippen LogP contribution is 2.43. The molecule has 3 rings (SSSR count). The summed E-state index contributed by atoms with van der Waals surface area (Å²) in [5, 5.41) is 1.21. The zero-order valence-electron chi connectivity index (χ0n) is 10.9. The van der Waals surface area contributed by atoms with E-state index in [-0.39, 0.29) is 6.04 Å². The zero-order chi connectivity index (χ0) is 14.1. The highest BCUT2D eigenvalue weighted by Gasteiger charge is 2.29. The van der Waals surface area contributed by atoms with Crippen molar-refractivity contribution in [3.8, 4) is 0 Å². The van der Waals surface area contributed by atoms with Gasteiger partial charge < -0.3 is 10.6 Å². The van der Waals surface area contributed by atoms with Gasteiger partial charge in [-0.3, -0.25) is 4.98 Å². The molecule has 20 heavy (non-hydrogen) atoms. The summed E-state index contributed by atoms with van der Waals surface area (Å²) in [6, 6.07) is 7.82. The molecule has 1 atom stereocenters. The van der Waals surface area contributed by atoms with E-state index in [0.717, 1.165) is 25.1 Å². The lowest BCUT2D eigenvalue weighted by atomic mass is 10.1. The molecule has 1 unspecified atom stereocenters. The van der Waals surface area contributed by atoms with E-state index in [1.165, 1.54) is 5.56 Å². The van der Waals surface area contributed by atoms with Gasteiger partial charge >= 0.3 is 0 Å². The van der Waals surface area contributed by atoms with Gasteiger partial charge in [-0.25, -0.2) is 0 Å². The van der Waals surface area contributed by atoms with Crippen LogP contribution in [0.2, 0.25) is 10.0 Å². The fraction of sp³-hybridized carbons (Fsp3) is 0.267. The molecular weight excluding hydrogens is 293 g/mol. The lowest BCUT2D eigenvalue weighted by Gasteiger charge is -2.29. The second-order valence-electron chi connectivity index (χ2n) is 4.97. The van der Waals surface area contributed by atoms with Crippen molar-refractivity contribution >= 4 is 34.6 Å². The third-order valence-corrected chi connectivity index (χ3v) is 4.22. The van der Waals surface area contributed by atoms with Gasteiger partial charge in [-0.05, 0) is 36.6 Å². The quantitative estimate of drug-likeness (QED) is 0.841. The van der Waals surface area contributed by atoms with Crippen LogP contribution in [0.5, 0.6) is 0 Å². The SMILES string of the molecule is Nc1cc(Cl)c(N2CCCC2c2cccnc2)c(Cl)c1. The van der Waals surface area contributed by atoms with Crippen LogP contribution in [-0.2, 0) is 0 Å². The minimum absolute atomic E-state index is 0.266. The molecule has 0 spiro atoms. The molecule has 3 nitrogen and oxygen atoms in total. The minimum Gasteiger partial charge on any atom is -0.399 e. The molecule has 2 heterocycles. The largest absolute Gasteiger partial charge is 0.399 e. The Morgan fingerprint density at radius 2 is 2.00 bits per heavy atom. The lowest BCUT2D eigenvalue weighted by Crippen LogP contribution is -2.23. The average Bonchev–Trinajstić information content (AvgIpc) is 2.87. The van der Waals surface area contributed by atoms with Gasteiger partial charge in [0.2, 0.25) is 0 Å². The molecule has 0 bridgehead atoms. The molecule has 2 aromatic rings. The van der Waals surface area contributed by atoms with Crippen molar-refractivity contribution in [2.75, 3.05) is 17.2 Å². The molecule has 1 aromatic heterocycles. The summed E-state index contributed by atoms with van der Waals surface area (Å²) < 4.78 is 0. The number of aromatic nitrogens is 1. The van der Waals surface area contributed by atoms with Crippen molar-refractivity contribution < 1.29 is 0 Å². The summed E-state index contributed by atoms with van der Waals surface area (Å²) in [5.74, 6) is 0. The second kappa shape index (κ2) is 5.51. The van der Waals surface area contributed by atoms with Gasteiger partial charge in [-0.1, -0.05) is 29.3 Å². The predicted molar refractivity (Wildman–Crippen MR) is 84.4 cm³/mol. The van der Waals surface area contributed by atoms with E-state index < -0.39 is 0 Å². The number of anilines is 2. The van der Waals surface area contributed by atoms with Crippen LogP contribution in [0, 0.1) is 0 Å². The first kappa shape index (κ1) is 13.5. The molecule has 5 heteroatoms. The Hall–Kier alpha value is -1.45. The van der Waals surface area contributed by atoms with Gasteiger partial charge in [0.1, 0.15) is 0 Å². The number of halogens is 2. The van der Waals surface area contributed by atoms with Crippen molar-refractivity contribution in [3.05, 3.63) is 52.3 Å². The second-order valence-corrected chi connectivity index (χ2v) is 5.79. The van der Waals surface area contributed by atoms with E-state index in [0.29, 0.717) is 15.7 Å². The van der Waals surface area contributed by atoms with Crippen LogP contribution in [0.3, 0.4) is 0 Å². The first-order valence-electron chi connectivity index (χ1n) is 6.58. The van der Waals surface area contributed by atoms with Gasteiger partial charge in [0.15, 0.2) is 0 Å². The first-order chi connectivity index (χ1) is 9.66. The normalized spacial score (nSPS) is 18.5. The number of rotatable bonds is 2. The highest BCUT2D eigenvalue weighted by molar-refractivity contribution is 6.39. The van der Waals surface area contributed by atoms with Crippen LogP contribution in [0.4, 0.5) is 11.4 Å². The summed E-state index contributed by atoms with van der Waals surface area (Å²) in [6.07, 6.45) is 5.87. The topological polar surface area (TPSA) is 42.1 Å². The molecular formula is C15H15Cl2N3. The van der Waals surface area contributed by atoms with E-state index >= 15 is 0 Å². The van der Waals surface area contributed by atoms with Crippen molar-refractivity contribution in [1.29, 1.82) is 0 Å². The number of nitrogens with two attached hydrogens (primary N) is 1. The van der Waals surface area contributed by atoms with Crippen molar-refractivity contribution in [1.82, 2.24) is 4.98 Å². The number of pyridine rings is 1. The van der Waals surface area contributed by atoms with E-state index in [9.17, 15) is 0 Å². The Morgan fingerprint density at radius 1 is 1.25 bits per heavy atom. The molecule has 0 radical (unpaired) electrons. The van der Waals surface area contributed by atoms with Crippen molar-refractivity contribution in [3.63, 3.8) is 0 Å². The third-order valence-electron chi connectivity index (χ3n) is 3.65. The van der Waals surface area contributed by atoms with Gasteiger partial charge in [0.05, 0.1) is 21.8 Å². The van der Waals surface area contributed by atoms with Crippen molar-refractivity contribution in [2.45, 2.75) is 18.9 Å². The number of hydrogen-bond donors (Lipinski definition) is 1. The summed E-state index contributed by atoms with van der Waals surface area (Å²) >= 11 is 12.7. The Bertz CT molecular complexity index is 593. The molecule has 0 saturated carbocycles. The number of hydrogen-bond acceptors (Lipinski definition) is 3. The summed E-state index contributed by atoms with van der Waals surface area (Å²) in [6.45, 7) is 0.933. The fourth-order valence-corrected chi connectivity index (χ4v) is 3.53. The van der Waals surface area contributed by atoms with E-state index in [1.54, 1.807) is 18.3 Å². The third kappa shape index (κ3) is 2.43. The average molecular weight is 308 g/mol. The Labute approximate surface area is 128 Å². The Kier molecular flexibility index (Phi) is 3.72. The molecule has 0 aliphatic carbocycles. The smallest absolute Gasteiger partial charge is 0.0751 e. The number of benzene rings is 1. The molecule has 1 aromatic carbocycles. The molecule has 1 saturated heterocycles. The van der Waals surface area contributed by atoms with E-state index in [2.05, 4.69) is 16.0 Å². The van der Waals surface area contributed by atoms with Gasteiger partial charge in [-0.2, -0.15) is 0 Å². The summed E-state index contributed by atoms with van der Waals surface area (Å²) in [4.78, 5) is 6.45. The van der Waals surface area contributed by atoms with Crippen LogP contribution in [0.1, 0.15) is 24.4 Å². The zero-order valence-corrected chi connectivity index (χ0v) is 12.4. The van der Waals surface area contributed by atoms with Gasteiger partial charge in [0.25, 0.3) is 0 Å². The molecule has 104 valence electrons. The highest BCUT2D eigenvalue weighted by atomic mass is 35.5. The Morgan fingerprint density at radius 3 is 2.65 bits per heavy atom. The van der Waals surface area contributed by atoms with Crippen LogP contribution in [0.25, 0.3) is 0 Å². The molecule has 1 fully saturated rings. The molecule has 2 N–H and O–H groups in total. The maximum absolute atomic E-state index is 6.35. The maximum Gasteiger partial charge on any atom is 0.0751 e. The standard InChI is InChI=1S/C15H15Cl2N3/c16-12-7-11(18)8-13(17)15(12)20-6-2-4-14(20)10-3-1-5-19-9-10/h1,3,5,7-9,14H,2,4,6,18H2. The number of nitrogens with zero attached hydrogens (tertiary/aromatic N) is 2. The van der Waals surface area contributed by atoms with Crippen molar-refractivity contribution in [2.24, 2.45) is 0 Å². The van der Waals surface area contributed by atoms with Crippen LogP contribution in [-0.4, -0.2) is 11.5 Å². The monoisotopic (exact) mass is 307 g/mol.